The van der Waals surface area contributed by atoms with Gasteiger partial charge in [0, 0.05) is 23.9 Å². The van der Waals surface area contributed by atoms with Crippen molar-refractivity contribution in [2.75, 3.05) is 18.5 Å². The third-order valence-electron chi connectivity index (χ3n) is 3.91. The van der Waals surface area contributed by atoms with Crippen molar-refractivity contribution in [3.8, 4) is 0 Å². The van der Waals surface area contributed by atoms with E-state index in [1.807, 2.05) is 0 Å². The normalized spacial score (nSPS) is 22.3. The number of anilines is 1. The quantitative estimate of drug-likeness (QED) is 0.798. The summed E-state index contributed by atoms with van der Waals surface area (Å²) in [4.78, 5) is 11.8. The molecular formula is C15H21ClN2O2. The number of carbonyl (C=O) groups is 1. The van der Waals surface area contributed by atoms with Crippen LogP contribution in [-0.2, 0) is 0 Å². The number of aliphatic hydroxyl groups excluding tert-OH is 1. The Hall–Kier alpha value is -1.26. The number of urea groups is 1. The Kier molecular flexibility index (Phi) is 5.68. The average Bonchev–Trinajstić information content (AvgIpc) is 2.45. The zero-order valence-electron chi connectivity index (χ0n) is 11.4. The highest BCUT2D eigenvalue weighted by molar-refractivity contribution is 6.30. The van der Waals surface area contributed by atoms with Gasteiger partial charge >= 0.3 is 6.03 Å². The zero-order chi connectivity index (χ0) is 14.4. The van der Waals surface area contributed by atoms with E-state index in [0.29, 0.717) is 29.1 Å². The highest BCUT2D eigenvalue weighted by atomic mass is 35.5. The molecule has 0 bridgehead atoms. The maximum Gasteiger partial charge on any atom is 0.319 e. The summed E-state index contributed by atoms with van der Waals surface area (Å²) in [5.74, 6) is 0.689. The van der Waals surface area contributed by atoms with Crippen molar-refractivity contribution in [3.63, 3.8) is 0 Å². The first-order valence-electron chi connectivity index (χ1n) is 7.10. The molecule has 0 heterocycles. The Morgan fingerprint density at radius 2 is 2.05 bits per heavy atom. The van der Waals surface area contributed by atoms with Crippen LogP contribution >= 0.6 is 11.6 Å². The second kappa shape index (κ2) is 7.50. The summed E-state index contributed by atoms with van der Waals surface area (Å²) in [5, 5.41) is 15.6. The van der Waals surface area contributed by atoms with Crippen LogP contribution < -0.4 is 10.6 Å². The lowest BCUT2D eigenvalue weighted by molar-refractivity contribution is 0.134. The van der Waals surface area contributed by atoms with Gasteiger partial charge in [0.15, 0.2) is 0 Å². The number of aliphatic hydroxyl groups is 1. The van der Waals surface area contributed by atoms with Crippen molar-refractivity contribution >= 4 is 23.3 Å². The number of hydrogen-bond acceptors (Lipinski definition) is 2. The molecular weight excluding hydrogens is 276 g/mol. The molecule has 20 heavy (non-hydrogen) atoms. The second-order valence-corrected chi connectivity index (χ2v) is 5.77. The van der Waals surface area contributed by atoms with Crippen molar-refractivity contribution in [1.82, 2.24) is 5.32 Å². The monoisotopic (exact) mass is 296 g/mol. The molecule has 1 aromatic rings. The van der Waals surface area contributed by atoms with Gasteiger partial charge in [-0.2, -0.15) is 0 Å². The second-order valence-electron chi connectivity index (χ2n) is 5.33. The molecule has 1 fully saturated rings. The molecule has 1 aliphatic carbocycles. The highest BCUT2D eigenvalue weighted by Gasteiger charge is 2.24. The summed E-state index contributed by atoms with van der Waals surface area (Å²) in [6.07, 6.45) is 4.48. The number of rotatable bonds is 4. The highest BCUT2D eigenvalue weighted by Crippen LogP contribution is 2.29. The summed E-state index contributed by atoms with van der Waals surface area (Å²) >= 11 is 5.87. The predicted molar refractivity (Wildman–Crippen MR) is 81.0 cm³/mol. The standard InChI is InChI=1S/C15H21ClN2O2/c16-13-6-3-7-14(8-13)18-15(20)17-9-11-4-1-2-5-12(11)10-19/h3,6-8,11-12,19H,1-2,4-5,9-10H2,(H2,17,18,20). The van der Waals surface area contributed by atoms with E-state index >= 15 is 0 Å². The van der Waals surface area contributed by atoms with E-state index in [2.05, 4.69) is 10.6 Å². The van der Waals surface area contributed by atoms with Gasteiger partial charge in [0.2, 0.25) is 0 Å². The minimum atomic E-state index is -0.227. The lowest BCUT2D eigenvalue weighted by atomic mass is 9.80. The molecule has 2 rings (SSSR count). The average molecular weight is 297 g/mol. The molecule has 1 saturated carbocycles. The molecule has 3 N–H and O–H groups in total. The summed E-state index contributed by atoms with van der Waals surface area (Å²) in [6, 6.07) is 6.83. The minimum absolute atomic E-state index is 0.211. The van der Waals surface area contributed by atoms with Crippen LogP contribution in [0.15, 0.2) is 24.3 Å². The first-order valence-corrected chi connectivity index (χ1v) is 7.48. The van der Waals surface area contributed by atoms with E-state index in [1.165, 1.54) is 12.8 Å². The van der Waals surface area contributed by atoms with Crippen LogP contribution in [0.25, 0.3) is 0 Å². The van der Waals surface area contributed by atoms with Gasteiger partial charge in [0.05, 0.1) is 0 Å². The zero-order valence-corrected chi connectivity index (χ0v) is 12.2. The number of amides is 2. The third-order valence-corrected chi connectivity index (χ3v) is 4.14. The summed E-state index contributed by atoms with van der Waals surface area (Å²) < 4.78 is 0. The van der Waals surface area contributed by atoms with Crippen molar-refractivity contribution in [3.05, 3.63) is 29.3 Å². The van der Waals surface area contributed by atoms with Crippen LogP contribution in [0.2, 0.25) is 5.02 Å². The molecule has 0 spiro atoms. The molecule has 1 aromatic carbocycles. The first-order chi connectivity index (χ1) is 9.69. The van der Waals surface area contributed by atoms with Crippen LogP contribution in [-0.4, -0.2) is 24.3 Å². The van der Waals surface area contributed by atoms with E-state index in [9.17, 15) is 9.90 Å². The third kappa shape index (κ3) is 4.39. The Labute approximate surface area is 124 Å². The van der Waals surface area contributed by atoms with Crippen molar-refractivity contribution in [2.24, 2.45) is 11.8 Å². The van der Waals surface area contributed by atoms with Crippen molar-refractivity contribution < 1.29 is 9.90 Å². The smallest absolute Gasteiger partial charge is 0.319 e. The lowest BCUT2D eigenvalue weighted by Gasteiger charge is -2.30. The molecule has 0 aliphatic heterocycles. The van der Waals surface area contributed by atoms with E-state index in [-0.39, 0.29) is 12.6 Å². The van der Waals surface area contributed by atoms with Crippen LogP contribution in [0.1, 0.15) is 25.7 Å². The molecule has 0 saturated heterocycles. The van der Waals surface area contributed by atoms with Crippen LogP contribution in [0.5, 0.6) is 0 Å². The van der Waals surface area contributed by atoms with E-state index < -0.39 is 0 Å². The number of hydrogen-bond donors (Lipinski definition) is 3. The Bertz CT molecular complexity index is 453. The minimum Gasteiger partial charge on any atom is -0.396 e. The SMILES string of the molecule is O=C(NCC1CCCCC1CO)Nc1cccc(Cl)c1. The van der Waals surface area contributed by atoms with Crippen LogP contribution in [0, 0.1) is 11.8 Å². The molecule has 0 aromatic heterocycles. The molecule has 110 valence electrons. The molecule has 4 nitrogen and oxygen atoms in total. The maximum absolute atomic E-state index is 11.8. The van der Waals surface area contributed by atoms with Crippen LogP contribution in [0.3, 0.4) is 0 Å². The Morgan fingerprint density at radius 3 is 2.75 bits per heavy atom. The number of halogens is 1. The van der Waals surface area contributed by atoms with Gasteiger partial charge in [0.25, 0.3) is 0 Å². The molecule has 1 aliphatic rings. The summed E-state index contributed by atoms with van der Waals surface area (Å²) in [5.41, 5.74) is 0.678. The van der Waals surface area contributed by atoms with Gasteiger partial charge in [0.1, 0.15) is 0 Å². The van der Waals surface area contributed by atoms with Gasteiger partial charge in [-0.25, -0.2) is 4.79 Å². The molecule has 5 heteroatoms. The topological polar surface area (TPSA) is 61.4 Å². The summed E-state index contributed by atoms with van der Waals surface area (Å²) in [7, 11) is 0. The molecule has 0 radical (unpaired) electrons. The fourth-order valence-corrected chi connectivity index (χ4v) is 2.95. The fourth-order valence-electron chi connectivity index (χ4n) is 2.76. The van der Waals surface area contributed by atoms with Gasteiger partial charge in [-0.1, -0.05) is 30.5 Å². The van der Waals surface area contributed by atoms with E-state index in [4.69, 9.17) is 11.6 Å². The van der Waals surface area contributed by atoms with Crippen molar-refractivity contribution in [2.45, 2.75) is 25.7 Å². The van der Waals surface area contributed by atoms with E-state index in [1.54, 1.807) is 24.3 Å². The first kappa shape index (κ1) is 15.1. The van der Waals surface area contributed by atoms with Gasteiger partial charge in [-0.15, -0.1) is 0 Å². The molecule has 2 atom stereocenters. The molecule has 2 amide bonds. The predicted octanol–water partition coefficient (Wildman–Crippen LogP) is 3.26. The largest absolute Gasteiger partial charge is 0.396 e. The van der Waals surface area contributed by atoms with Crippen molar-refractivity contribution in [1.29, 1.82) is 0 Å². The Balaban J connectivity index is 1.79. The van der Waals surface area contributed by atoms with E-state index in [0.717, 1.165) is 12.8 Å². The van der Waals surface area contributed by atoms with Gasteiger partial charge < -0.3 is 15.7 Å². The lowest BCUT2D eigenvalue weighted by Crippen LogP contribution is -2.37. The fraction of sp³-hybridized carbons (Fsp3) is 0.533. The van der Waals surface area contributed by atoms with Crippen LogP contribution in [0.4, 0.5) is 10.5 Å². The number of carbonyl (C=O) groups excluding carboxylic acids is 1. The summed E-state index contributed by atoms with van der Waals surface area (Å²) in [6.45, 7) is 0.819. The van der Waals surface area contributed by atoms with Gasteiger partial charge in [-0.05, 0) is 42.9 Å². The Morgan fingerprint density at radius 1 is 1.30 bits per heavy atom. The number of benzene rings is 1. The maximum atomic E-state index is 11.8. The molecule has 2 unspecified atom stereocenters. The number of nitrogens with one attached hydrogen (secondary N) is 2. The van der Waals surface area contributed by atoms with Gasteiger partial charge in [-0.3, -0.25) is 0 Å².